The molecule has 0 aromatic carbocycles. The van der Waals surface area contributed by atoms with E-state index in [0.717, 1.165) is 32.3 Å². The summed E-state index contributed by atoms with van der Waals surface area (Å²) in [5.74, 6) is -1.86. The highest BCUT2D eigenvalue weighted by Crippen LogP contribution is 2.42. The summed E-state index contributed by atoms with van der Waals surface area (Å²) in [5, 5.41) is 7.12. The molecule has 3 fully saturated rings. The Kier molecular flexibility index (Phi) is 6.94. The lowest BCUT2D eigenvalue weighted by atomic mass is 9.71. The smallest absolute Gasteiger partial charge is 0.475 e. The summed E-state index contributed by atoms with van der Waals surface area (Å²) in [5.41, 5.74) is 0.571. The fourth-order valence-electron chi connectivity index (χ4n) is 4.31. The molecule has 0 radical (unpaired) electrons. The first-order valence-corrected chi connectivity index (χ1v) is 9.93. The second-order valence-corrected chi connectivity index (χ2v) is 7.89. The van der Waals surface area contributed by atoms with E-state index in [1.165, 1.54) is 45.2 Å². The number of hydrogen-bond acceptors (Lipinski definition) is 6. The number of carboxylic acid groups (broad SMARTS) is 1. The van der Waals surface area contributed by atoms with Crippen molar-refractivity contribution in [3.05, 3.63) is 18.5 Å². The van der Waals surface area contributed by atoms with E-state index in [4.69, 9.17) is 14.6 Å². The number of likely N-dealkylation sites (tertiary alicyclic amines) is 1. The zero-order valence-electron chi connectivity index (χ0n) is 16.3. The summed E-state index contributed by atoms with van der Waals surface area (Å²) in [6.45, 7) is 6.64. The number of carboxylic acids is 1. The number of aliphatic carboxylic acids is 1. The van der Waals surface area contributed by atoms with Crippen LogP contribution < -0.4 is 4.90 Å². The van der Waals surface area contributed by atoms with Crippen LogP contribution >= 0.6 is 0 Å². The Morgan fingerprint density at radius 1 is 1.10 bits per heavy atom. The molecule has 162 valence electrons. The Balaban J connectivity index is 0.000000298. The van der Waals surface area contributed by atoms with Gasteiger partial charge in [-0.3, -0.25) is 4.90 Å². The van der Waals surface area contributed by atoms with Crippen LogP contribution in [0, 0.1) is 5.41 Å². The Morgan fingerprint density at radius 2 is 1.66 bits per heavy atom. The maximum Gasteiger partial charge on any atom is 0.490 e. The highest BCUT2D eigenvalue weighted by atomic mass is 19.4. The van der Waals surface area contributed by atoms with Gasteiger partial charge in [0.1, 0.15) is 0 Å². The predicted octanol–water partition coefficient (Wildman–Crippen LogP) is 2.58. The van der Waals surface area contributed by atoms with Gasteiger partial charge < -0.3 is 14.7 Å². The predicted molar refractivity (Wildman–Crippen MR) is 99.6 cm³/mol. The number of nitrogens with zero attached hydrogens (tertiary/aromatic N) is 4. The number of rotatable bonds is 2. The van der Waals surface area contributed by atoms with Gasteiger partial charge in [0.05, 0.1) is 6.61 Å². The number of halogens is 3. The summed E-state index contributed by atoms with van der Waals surface area (Å²) < 4.78 is 37.3. The van der Waals surface area contributed by atoms with Crippen LogP contribution in [0.3, 0.4) is 0 Å². The molecular formula is C19H27F3N4O3. The van der Waals surface area contributed by atoms with Crippen LogP contribution in [-0.4, -0.2) is 77.6 Å². The highest BCUT2D eigenvalue weighted by molar-refractivity contribution is 5.73. The SMILES string of the molecule is O=C(O)C(F)(F)F.c1cnc(N2CCC3(CC2)CCN(C2CCOC2)CC3)nc1. The van der Waals surface area contributed by atoms with Gasteiger partial charge in [0.15, 0.2) is 0 Å². The van der Waals surface area contributed by atoms with Gasteiger partial charge in [-0.25, -0.2) is 14.8 Å². The number of carbonyl (C=O) groups is 1. The van der Waals surface area contributed by atoms with Crippen LogP contribution in [-0.2, 0) is 9.53 Å². The van der Waals surface area contributed by atoms with E-state index >= 15 is 0 Å². The van der Waals surface area contributed by atoms with Crippen LogP contribution in [0.5, 0.6) is 0 Å². The van der Waals surface area contributed by atoms with Gasteiger partial charge in [-0.15, -0.1) is 0 Å². The van der Waals surface area contributed by atoms with Crippen LogP contribution in [0.1, 0.15) is 32.1 Å². The van der Waals surface area contributed by atoms with Crippen molar-refractivity contribution >= 4 is 11.9 Å². The quantitative estimate of drug-likeness (QED) is 0.794. The molecule has 4 heterocycles. The lowest BCUT2D eigenvalue weighted by Crippen LogP contribution is -2.49. The van der Waals surface area contributed by atoms with Crippen molar-refractivity contribution in [3.63, 3.8) is 0 Å². The number of ether oxygens (including phenoxy) is 1. The minimum absolute atomic E-state index is 0.571. The normalized spacial score (nSPS) is 24.8. The molecule has 3 saturated heterocycles. The molecule has 3 aliphatic rings. The number of aromatic nitrogens is 2. The second-order valence-electron chi connectivity index (χ2n) is 7.89. The van der Waals surface area contributed by atoms with E-state index < -0.39 is 12.1 Å². The van der Waals surface area contributed by atoms with Crippen LogP contribution in [0.2, 0.25) is 0 Å². The van der Waals surface area contributed by atoms with Crippen LogP contribution in [0.4, 0.5) is 19.1 Å². The minimum atomic E-state index is -5.08. The summed E-state index contributed by atoms with van der Waals surface area (Å²) in [7, 11) is 0. The van der Waals surface area contributed by atoms with Gasteiger partial charge >= 0.3 is 12.1 Å². The van der Waals surface area contributed by atoms with Crippen LogP contribution in [0.15, 0.2) is 18.5 Å². The van der Waals surface area contributed by atoms with Gasteiger partial charge in [0, 0.05) is 38.1 Å². The van der Waals surface area contributed by atoms with Gasteiger partial charge in [-0.1, -0.05) is 0 Å². The molecule has 1 unspecified atom stereocenters. The first-order valence-electron chi connectivity index (χ1n) is 9.93. The van der Waals surface area contributed by atoms with Gasteiger partial charge in [-0.05, 0) is 56.7 Å². The van der Waals surface area contributed by atoms with Crippen LogP contribution in [0.25, 0.3) is 0 Å². The Bertz CT molecular complexity index is 650. The average Bonchev–Trinajstić information content (AvgIpc) is 3.24. The lowest BCUT2D eigenvalue weighted by Gasteiger charge is -2.47. The zero-order chi connectivity index (χ0) is 20.9. The van der Waals surface area contributed by atoms with E-state index in [2.05, 4.69) is 19.8 Å². The molecule has 0 bridgehead atoms. The standard InChI is InChI=1S/C17H26N4O.C2HF3O2/c1-7-18-16(19-8-1)21-11-5-17(6-12-21)3-9-20(10-4-17)15-2-13-22-14-15;3-2(4,5)1(6)7/h1,7-8,15H,2-6,9-14H2;(H,6,7). The summed E-state index contributed by atoms with van der Waals surface area (Å²) in [6, 6.07) is 2.58. The van der Waals surface area contributed by atoms with Crippen molar-refractivity contribution in [1.82, 2.24) is 14.9 Å². The third kappa shape index (κ3) is 5.79. The topological polar surface area (TPSA) is 78.8 Å². The molecular weight excluding hydrogens is 389 g/mol. The summed E-state index contributed by atoms with van der Waals surface area (Å²) in [6.07, 6.45) is 5.12. The zero-order valence-corrected chi connectivity index (χ0v) is 16.3. The minimum Gasteiger partial charge on any atom is -0.475 e. The molecule has 29 heavy (non-hydrogen) atoms. The molecule has 0 saturated carbocycles. The number of piperidine rings is 2. The van der Waals surface area contributed by atoms with E-state index in [-0.39, 0.29) is 0 Å². The molecule has 7 nitrogen and oxygen atoms in total. The third-order valence-electron chi connectivity index (χ3n) is 6.18. The number of anilines is 1. The van der Waals surface area contributed by atoms with E-state index in [1.54, 1.807) is 0 Å². The van der Waals surface area contributed by atoms with E-state index in [1.807, 2.05) is 18.5 Å². The molecule has 1 aromatic heterocycles. The first kappa shape index (κ1) is 21.8. The molecule has 3 aliphatic heterocycles. The lowest BCUT2D eigenvalue weighted by molar-refractivity contribution is -0.192. The van der Waals surface area contributed by atoms with E-state index in [9.17, 15) is 13.2 Å². The average molecular weight is 416 g/mol. The molecule has 1 atom stereocenters. The summed E-state index contributed by atoms with van der Waals surface area (Å²) >= 11 is 0. The van der Waals surface area contributed by atoms with Crippen molar-refractivity contribution in [2.45, 2.75) is 44.3 Å². The van der Waals surface area contributed by atoms with Crippen molar-refractivity contribution in [3.8, 4) is 0 Å². The molecule has 1 N–H and O–H groups in total. The van der Waals surface area contributed by atoms with Crippen molar-refractivity contribution in [1.29, 1.82) is 0 Å². The molecule has 0 aliphatic carbocycles. The number of hydrogen-bond donors (Lipinski definition) is 1. The van der Waals surface area contributed by atoms with Gasteiger partial charge in [-0.2, -0.15) is 13.2 Å². The van der Waals surface area contributed by atoms with Gasteiger partial charge in [0.2, 0.25) is 5.95 Å². The Labute approximate surface area is 167 Å². The monoisotopic (exact) mass is 416 g/mol. The molecule has 1 spiro atoms. The highest BCUT2D eigenvalue weighted by Gasteiger charge is 2.40. The molecule has 0 amide bonds. The molecule has 10 heteroatoms. The Hall–Kier alpha value is -1.94. The Morgan fingerprint density at radius 3 is 2.14 bits per heavy atom. The fraction of sp³-hybridized carbons (Fsp3) is 0.737. The van der Waals surface area contributed by atoms with Crippen molar-refractivity contribution in [2.75, 3.05) is 44.3 Å². The molecule has 1 aromatic rings. The van der Waals surface area contributed by atoms with Gasteiger partial charge in [0.25, 0.3) is 0 Å². The summed E-state index contributed by atoms with van der Waals surface area (Å²) in [4.78, 5) is 22.7. The van der Waals surface area contributed by atoms with Crippen molar-refractivity contribution in [2.24, 2.45) is 5.41 Å². The fourth-order valence-corrected chi connectivity index (χ4v) is 4.31. The van der Waals surface area contributed by atoms with Crippen molar-refractivity contribution < 1.29 is 27.8 Å². The van der Waals surface area contributed by atoms with E-state index in [0.29, 0.717) is 11.5 Å². The third-order valence-corrected chi connectivity index (χ3v) is 6.18. The number of alkyl halides is 3. The first-order chi connectivity index (χ1) is 13.8. The maximum atomic E-state index is 10.6. The molecule has 4 rings (SSSR count). The second kappa shape index (κ2) is 9.25. The largest absolute Gasteiger partial charge is 0.490 e. The maximum absolute atomic E-state index is 10.6.